The molecule has 0 aliphatic carbocycles. The molecule has 0 aliphatic heterocycles. The Bertz CT molecular complexity index is 1210. The quantitative estimate of drug-likeness (QED) is 0.472. The fourth-order valence-electron chi connectivity index (χ4n) is 3.93. The molecule has 0 saturated heterocycles. The highest BCUT2D eigenvalue weighted by atomic mass is 16.2. The number of amides is 1. The smallest absolute Gasteiger partial charge is 0.240 e. The number of hydrogen-bond donors (Lipinski definition) is 1. The number of nitrogens with zero attached hydrogens (tertiary/aromatic N) is 1. The number of para-hydroxylation sites is 2. The van der Waals surface area contributed by atoms with Crippen molar-refractivity contribution in [3.05, 3.63) is 94.1 Å². The van der Waals surface area contributed by atoms with E-state index in [0.717, 1.165) is 16.6 Å². The van der Waals surface area contributed by atoms with Crippen LogP contribution in [0.25, 0.3) is 21.8 Å². The summed E-state index contributed by atoms with van der Waals surface area (Å²) >= 11 is 0. The van der Waals surface area contributed by atoms with E-state index in [1.54, 1.807) is 0 Å². The van der Waals surface area contributed by atoms with Gasteiger partial charge in [-0.2, -0.15) is 0 Å². The Labute approximate surface area is 176 Å². The first kappa shape index (κ1) is 19.9. The topological polar surface area (TPSA) is 51.1 Å². The number of rotatable bonds is 5. The highest BCUT2D eigenvalue weighted by Crippen LogP contribution is 2.21. The molecule has 4 rings (SSSR count). The van der Waals surface area contributed by atoms with Crippen LogP contribution in [0.4, 0.5) is 0 Å². The Morgan fingerprint density at radius 2 is 1.30 bits per heavy atom. The maximum Gasteiger partial charge on any atom is 0.240 e. The van der Waals surface area contributed by atoms with Gasteiger partial charge in [0.05, 0.1) is 17.1 Å². The van der Waals surface area contributed by atoms with E-state index in [1.807, 2.05) is 60.0 Å². The molecule has 1 heterocycles. The molecule has 4 nitrogen and oxygen atoms in total. The number of pyridine rings is 1. The van der Waals surface area contributed by atoms with Gasteiger partial charge in [0.2, 0.25) is 5.91 Å². The van der Waals surface area contributed by atoms with Crippen molar-refractivity contribution in [2.45, 2.75) is 39.3 Å². The van der Waals surface area contributed by atoms with E-state index in [4.69, 9.17) is 0 Å². The zero-order valence-corrected chi connectivity index (χ0v) is 17.6. The summed E-state index contributed by atoms with van der Waals surface area (Å²) in [5.74, 6) is 0.389. The molecule has 1 amide bonds. The maximum absolute atomic E-state index is 12.9. The molecule has 0 aliphatic rings. The second kappa shape index (κ2) is 8.15. The summed E-state index contributed by atoms with van der Waals surface area (Å²) in [4.78, 5) is 25.8. The molecule has 1 aromatic heterocycles. The van der Waals surface area contributed by atoms with Crippen LogP contribution in [0.15, 0.2) is 77.6 Å². The van der Waals surface area contributed by atoms with E-state index in [2.05, 4.69) is 43.4 Å². The van der Waals surface area contributed by atoms with Crippen molar-refractivity contribution in [2.75, 3.05) is 0 Å². The fraction of sp³-hybridized carbons (Fsp3) is 0.231. The van der Waals surface area contributed by atoms with Gasteiger partial charge in [-0.1, -0.05) is 62.4 Å². The van der Waals surface area contributed by atoms with Crippen LogP contribution in [0.2, 0.25) is 0 Å². The molecule has 0 saturated carbocycles. The normalized spacial score (nSPS) is 12.4. The largest absolute Gasteiger partial charge is 0.348 e. The number of nitrogens with one attached hydrogen (secondary N) is 1. The van der Waals surface area contributed by atoms with Gasteiger partial charge in [0, 0.05) is 10.8 Å². The summed E-state index contributed by atoms with van der Waals surface area (Å²) in [7, 11) is 0. The van der Waals surface area contributed by atoms with E-state index in [1.165, 1.54) is 5.56 Å². The van der Waals surface area contributed by atoms with Gasteiger partial charge in [-0.05, 0) is 48.2 Å². The lowest BCUT2D eigenvalue weighted by atomic mass is 9.99. The molecule has 0 fully saturated rings. The number of hydrogen-bond acceptors (Lipinski definition) is 2. The highest BCUT2D eigenvalue weighted by molar-refractivity contribution is 5.94. The molecule has 4 heteroatoms. The third-order valence-electron chi connectivity index (χ3n) is 5.66. The second-order valence-electron chi connectivity index (χ2n) is 8.06. The van der Waals surface area contributed by atoms with Gasteiger partial charge in [0.25, 0.3) is 0 Å². The molecule has 3 aromatic carbocycles. The van der Waals surface area contributed by atoms with Gasteiger partial charge in [-0.3, -0.25) is 9.59 Å². The first-order chi connectivity index (χ1) is 14.5. The zero-order chi connectivity index (χ0) is 21.3. The molecule has 0 unspecified atom stereocenters. The lowest BCUT2D eigenvalue weighted by Crippen LogP contribution is -2.30. The minimum absolute atomic E-state index is 0.00327. The molecular weight excluding hydrogens is 372 g/mol. The molecule has 0 spiro atoms. The van der Waals surface area contributed by atoms with Crippen LogP contribution in [-0.4, -0.2) is 10.5 Å². The molecule has 0 radical (unpaired) electrons. The van der Waals surface area contributed by atoms with Crippen LogP contribution >= 0.6 is 0 Å². The van der Waals surface area contributed by atoms with Crippen molar-refractivity contribution in [1.29, 1.82) is 0 Å². The van der Waals surface area contributed by atoms with E-state index in [9.17, 15) is 9.59 Å². The number of carbonyl (C=O) groups excluding carboxylic acids is 1. The highest BCUT2D eigenvalue weighted by Gasteiger charge is 2.15. The Morgan fingerprint density at radius 1 is 0.800 bits per heavy atom. The first-order valence-electron chi connectivity index (χ1n) is 10.3. The molecule has 30 heavy (non-hydrogen) atoms. The van der Waals surface area contributed by atoms with Gasteiger partial charge in [-0.15, -0.1) is 0 Å². The van der Waals surface area contributed by atoms with Crippen LogP contribution in [0.1, 0.15) is 43.9 Å². The third-order valence-corrected chi connectivity index (χ3v) is 5.66. The Balaban J connectivity index is 1.64. The number of benzene rings is 3. The van der Waals surface area contributed by atoms with Gasteiger partial charge < -0.3 is 9.88 Å². The fourth-order valence-corrected chi connectivity index (χ4v) is 3.93. The van der Waals surface area contributed by atoms with E-state index < -0.39 is 0 Å². The summed E-state index contributed by atoms with van der Waals surface area (Å²) in [6.07, 6.45) is 0. The van der Waals surface area contributed by atoms with Crippen LogP contribution in [0, 0.1) is 0 Å². The Kier molecular flexibility index (Phi) is 5.40. The third kappa shape index (κ3) is 3.73. The van der Waals surface area contributed by atoms with E-state index >= 15 is 0 Å². The predicted molar refractivity (Wildman–Crippen MR) is 123 cm³/mol. The molecule has 1 N–H and O–H groups in total. The molecule has 152 valence electrons. The number of aromatic nitrogens is 1. The average Bonchev–Trinajstić information content (AvgIpc) is 2.76. The Hall–Kier alpha value is -3.40. The first-order valence-corrected chi connectivity index (χ1v) is 10.3. The summed E-state index contributed by atoms with van der Waals surface area (Å²) < 4.78 is 1.93. The van der Waals surface area contributed by atoms with Crippen LogP contribution in [0.3, 0.4) is 0 Å². The lowest BCUT2D eigenvalue weighted by molar-refractivity contribution is -0.122. The van der Waals surface area contributed by atoms with Crippen LogP contribution in [-0.2, 0) is 11.3 Å². The molecule has 1 atom stereocenters. The summed E-state index contributed by atoms with van der Waals surface area (Å²) in [6.45, 7) is 6.47. The second-order valence-corrected chi connectivity index (χ2v) is 8.06. The SMILES string of the molecule is CC(C)c1ccc([C@H](C)NC(=O)Cn2c3ccccc3c(=O)c3ccccc32)cc1. The van der Waals surface area contributed by atoms with E-state index in [0.29, 0.717) is 16.7 Å². The monoisotopic (exact) mass is 398 g/mol. The van der Waals surface area contributed by atoms with Crippen LogP contribution < -0.4 is 10.7 Å². The molecular formula is C26H26N2O2. The minimum atomic E-state index is -0.101. The maximum atomic E-state index is 12.9. The minimum Gasteiger partial charge on any atom is -0.348 e. The van der Waals surface area contributed by atoms with Crippen molar-refractivity contribution in [3.63, 3.8) is 0 Å². The Morgan fingerprint density at radius 3 is 1.83 bits per heavy atom. The van der Waals surface area contributed by atoms with Crippen molar-refractivity contribution in [3.8, 4) is 0 Å². The van der Waals surface area contributed by atoms with Crippen molar-refractivity contribution >= 4 is 27.7 Å². The van der Waals surface area contributed by atoms with Gasteiger partial charge in [0.15, 0.2) is 5.43 Å². The van der Waals surface area contributed by atoms with Crippen molar-refractivity contribution in [2.24, 2.45) is 0 Å². The molecule has 4 aromatic rings. The van der Waals surface area contributed by atoms with Gasteiger partial charge in [-0.25, -0.2) is 0 Å². The zero-order valence-electron chi connectivity index (χ0n) is 17.6. The van der Waals surface area contributed by atoms with Crippen molar-refractivity contribution < 1.29 is 4.79 Å². The van der Waals surface area contributed by atoms with E-state index in [-0.39, 0.29) is 23.9 Å². The summed E-state index contributed by atoms with van der Waals surface area (Å²) in [6, 6.07) is 23.2. The van der Waals surface area contributed by atoms with Gasteiger partial charge in [0.1, 0.15) is 6.54 Å². The van der Waals surface area contributed by atoms with Crippen LogP contribution in [0.5, 0.6) is 0 Å². The average molecular weight is 399 g/mol. The van der Waals surface area contributed by atoms with Crippen molar-refractivity contribution in [1.82, 2.24) is 9.88 Å². The number of fused-ring (bicyclic) bond motifs is 2. The summed E-state index contributed by atoms with van der Waals surface area (Å²) in [5.41, 5.74) is 3.89. The number of carbonyl (C=O) groups is 1. The predicted octanol–water partition coefficient (Wildman–Crippen LogP) is 5.16. The standard InChI is InChI=1S/C26H26N2O2/c1-17(2)19-12-14-20(15-13-19)18(3)27-25(29)16-28-23-10-6-4-8-21(23)26(30)22-9-5-7-11-24(22)28/h4-15,17-18H,16H2,1-3H3,(H,27,29)/t18-/m0/s1. The van der Waals surface area contributed by atoms with Gasteiger partial charge >= 0.3 is 0 Å². The summed E-state index contributed by atoms with van der Waals surface area (Å²) in [5, 5.41) is 4.35. The molecule has 0 bridgehead atoms. The lowest BCUT2D eigenvalue weighted by Gasteiger charge is -2.18.